The number of hydrogen-bond acceptors (Lipinski definition) is 7. The van der Waals surface area contributed by atoms with E-state index in [4.69, 9.17) is 21.1 Å². The topological polar surface area (TPSA) is 80.3 Å². The van der Waals surface area contributed by atoms with Gasteiger partial charge in [-0.05, 0) is 24.3 Å². The third kappa shape index (κ3) is 3.98. The summed E-state index contributed by atoms with van der Waals surface area (Å²) in [6.45, 7) is 3.09. The van der Waals surface area contributed by atoms with Crippen LogP contribution in [0.3, 0.4) is 0 Å². The molecule has 1 aromatic heterocycles. The SMILES string of the molecule is Fc1ccc(Nc2ncnc3cc(OC4CCOC4)c(NC4CNC4)cc23)cc1Cl. The molecule has 0 bridgehead atoms. The van der Waals surface area contributed by atoms with Crippen molar-refractivity contribution in [2.24, 2.45) is 0 Å². The summed E-state index contributed by atoms with van der Waals surface area (Å²) in [5, 5.41) is 10.9. The highest BCUT2D eigenvalue weighted by Gasteiger charge is 2.23. The molecule has 2 saturated heterocycles. The number of ether oxygens (including phenoxy) is 2. The van der Waals surface area contributed by atoms with Gasteiger partial charge in [-0.3, -0.25) is 0 Å². The Morgan fingerprint density at radius 3 is 2.83 bits per heavy atom. The standard InChI is InChI=1S/C21H21ClFN5O2/c22-16-5-12(1-2-17(16)23)28-21-15-6-19(27-13-8-24-9-13)20(7-18(15)25-11-26-21)30-14-3-4-29-10-14/h1-2,5-7,11,13-14,24,27H,3-4,8-10H2,(H,25,26,28). The molecule has 1 atom stereocenters. The number of hydrogen-bond donors (Lipinski definition) is 3. The Hall–Kier alpha value is -2.68. The predicted molar refractivity (Wildman–Crippen MR) is 114 cm³/mol. The molecule has 1 unspecified atom stereocenters. The molecule has 0 spiro atoms. The summed E-state index contributed by atoms with van der Waals surface area (Å²) < 4.78 is 25.2. The van der Waals surface area contributed by atoms with Gasteiger partial charge in [-0.15, -0.1) is 0 Å². The maximum atomic E-state index is 13.5. The number of fused-ring (bicyclic) bond motifs is 1. The lowest BCUT2D eigenvalue weighted by molar-refractivity contribution is 0.142. The molecule has 9 heteroatoms. The summed E-state index contributed by atoms with van der Waals surface area (Å²) in [5.74, 6) is 0.889. The average molecular weight is 430 g/mol. The first-order valence-corrected chi connectivity index (χ1v) is 10.3. The van der Waals surface area contributed by atoms with Crippen molar-refractivity contribution in [1.82, 2.24) is 15.3 Å². The van der Waals surface area contributed by atoms with E-state index in [0.29, 0.717) is 30.8 Å². The predicted octanol–water partition coefficient (Wildman–Crippen LogP) is 3.72. The average Bonchev–Trinajstić information content (AvgIpc) is 3.21. The molecule has 2 fully saturated rings. The van der Waals surface area contributed by atoms with Gasteiger partial charge in [0.05, 0.1) is 35.5 Å². The second kappa shape index (κ2) is 8.22. The van der Waals surface area contributed by atoms with E-state index in [-0.39, 0.29) is 11.1 Å². The molecule has 30 heavy (non-hydrogen) atoms. The molecule has 2 aromatic carbocycles. The zero-order chi connectivity index (χ0) is 20.5. The summed E-state index contributed by atoms with van der Waals surface area (Å²) >= 11 is 5.91. The van der Waals surface area contributed by atoms with Crippen molar-refractivity contribution in [3.8, 4) is 5.75 Å². The number of anilines is 3. The number of halogens is 2. The second-order valence-corrected chi connectivity index (χ2v) is 7.85. The van der Waals surface area contributed by atoms with Crippen molar-refractivity contribution < 1.29 is 13.9 Å². The van der Waals surface area contributed by atoms with Crippen molar-refractivity contribution in [2.75, 3.05) is 36.9 Å². The third-order valence-electron chi connectivity index (χ3n) is 5.24. The molecule has 156 valence electrons. The summed E-state index contributed by atoms with van der Waals surface area (Å²) in [4.78, 5) is 8.80. The Morgan fingerprint density at radius 1 is 1.20 bits per heavy atom. The van der Waals surface area contributed by atoms with Gasteiger partial charge in [0.25, 0.3) is 0 Å². The Balaban J connectivity index is 1.51. The van der Waals surface area contributed by atoms with Gasteiger partial charge >= 0.3 is 0 Å². The van der Waals surface area contributed by atoms with E-state index in [2.05, 4.69) is 25.9 Å². The number of aromatic nitrogens is 2. The fourth-order valence-corrected chi connectivity index (χ4v) is 3.68. The van der Waals surface area contributed by atoms with Gasteiger partial charge < -0.3 is 25.4 Å². The van der Waals surface area contributed by atoms with Crippen molar-refractivity contribution in [3.63, 3.8) is 0 Å². The van der Waals surface area contributed by atoms with Crippen molar-refractivity contribution >= 4 is 39.7 Å². The first-order chi connectivity index (χ1) is 14.7. The number of nitrogens with one attached hydrogen (secondary N) is 3. The molecule has 2 aliphatic rings. The van der Waals surface area contributed by atoms with E-state index >= 15 is 0 Å². The molecular formula is C21H21ClFN5O2. The zero-order valence-electron chi connectivity index (χ0n) is 16.1. The van der Waals surface area contributed by atoms with Gasteiger partial charge in [0, 0.05) is 36.7 Å². The Kier molecular flexibility index (Phi) is 5.28. The molecule has 2 aliphatic heterocycles. The molecule has 0 radical (unpaired) electrons. The number of benzene rings is 2. The van der Waals surface area contributed by atoms with Crippen LogP contribution in [-0.4, -0.2) is 48.4 Å². The summed E-state index contributed by atoms with van der Waals surface area (Å²) in [5.41, 5.74) is 2.27. The fourth-order valence-electron chi connectivity index (χ4n) is 3.50. The smallest absolute Gasteiger partial charge is 0.145 e. The normalized spacial score (nSPS) is 18.9. The molecule has 0 saturated carbocycles. The number of rotatable bonds is 6. The molecular weight excluding hydrogens is 409 g/mol. The van der Waals surface area contributed by atoms with Crippen LogP contribution in [0.4, 0.5) is 21.6 Å². The maximum Gasteiger partial charge on any atom is 0.145 e. The van der Waals surface area contributed by atoms with Crippen LogP contribution in [0.2, 0.25) is 5.02 Å². The van der Waals surface area contributed by atoms with Crippen LogP contribution in [0.25, 0.3) is 10.9 Å². The summed E-state index contributed by atoms with van der Waals surface area (Å²) in [6, 6.07) is 8.72. The lowest BCUT2D eigenvalue weighted by Gasteiger charge is -2.30. The lowest BCUT2D eigenvalue weighted by Crippen LogP contribution is -2.51. The van der Waals surface area contributed by atoms with Gasteiger partial charge in [0.15, 0.2) is 0 Å². The van der Waals surface area contributed by atoms with E-state index < -0.39 is 5.82 Å². The highest BCUT2D eigenvalue weighted by molar-refractivity contribution is 6.31. The largest absolute Gasteiger partial charge is 0.486 e. The van der Waals surface area contributed by atoms with E-state index in [1.165, 1.54) is 18.5 Å². The zero-order valence-corrected chi connectivity index (χ0v) is 16.9. The number of nitrogens with zero attached hydrogens (tertiary/aromatic N) is 2. The quantitative estimate of drug-likeness (QED) is 0.551. The van der Waals surface area contributed by atoms with Crippen LogP contribution in [0.15, 0.2) is 36.7 Å². The lowest BCUT2D eigenvalue weighted by atomic mass is 10.1. The third-order valence-corrected chi connectivity index (χ3v) is 5.53. The van der Waals surface area contributed by atoms with E-state index in [1.54, 1.807) is 6.07 Å². The van der Waals surface area contributed by atoms with E-state index in [0.717, 1.165) is 41.9 Å². The summed E-state index contributed by atoms with van der Waals surface area (Å²) in [7, 11) is 0. The first-order valence-electron chi connectivity index (χ1n) is 9.88. The molecule has 3 heterocycles. The minimum absolute atomic E-state index is 0.0308. The van der Waals surface area contributed by atoms with Crippen LogP contribution in [0.5, 0.6) is 5.75 Å². The molecule has 0 amide bonds. The molecule has 5 rings (SSSR count). The maximum absolute atomic E-state index is 13.5. The second-order valence-electron chi connectivity index (χ2n) is 7.44. The molecule has 3 N–H and O–H groups in total. The molecule has 3 aromatic rings. The van der Waals surface area contributed by atoms with Gasteiger partial charge in [-0.25, -0.2) is 14.4 Å². The Morgan fingerprint density at radius 2 is 2.10 bits per heavy atom. The van der Waals surface area contributed by atoms with Crippen molar-refractivity contribution in [3.05, 3.63) is 47.5 Å². The van der Waals surface area contributed by atoms with Crippen LogP contribution < -0.4 is 20.7 Å². The highest BCUT2D eigenvalue weighted by atomic mass is 35.5. The van der Waals surface area contributed by atoms with Crippen LogP contribution in [-0.2, 0) is 4.74 Å². The molecule has 7 nitrogen and oxygen atoms in total. The van der Waals surface area contributed by atoms with E-state index in [1.807, 2.05) is 12.1 Å². The van der Waals surface area contributed by atoms with Gasteiger partial charge in [-0.2, -0.15) is 0 Å². The van der Waals surface area contributed by atoms with Crippen molar-refractivity contribution in [1.29, 1.82) is 0 Å². The van der Waals surface area contributed by atoms with Gasteiger partial charge in [-0.1, -0.05) is 11.6 Å². The monoisotopic (exact) mass is 429 g/mol. The first kappa shape index (κ1) is 19.3. The fraction of sp³-hybridized carbons (Fsp3) is 0.333. The highest BCUT2D eigenvalue weighted by Crippen LogP contribution is 2.35. The van der Waals surface area contributed by atoms with Gasteiger partial charge in [0.1, 0.15) is 29.8 Å². The van der Waals surface area contributed by atoms with Crippen LogP contribution in [0.1, 0.15) is 6.42 Å². The molecule has 0 aliphatic carbocycles. The minimum Gasteiger partial charge on any atom is -0.486 e. The van der Waals surface area contributed by atoms with Crippen LogP contribution in [0, 0.1) is 5.82 Å². The van der Waals surface area contributed by atoms with Crippen LogP contribution >= 0.6 is 11.6 Å². The minimum atomic E-state index is -0.465. The van der Waals surface area contributed by atoms with Crippen molar-refractivity contribution in [2.45, 2.75) is 18.6 Å². The Labute approximate surface area is 177 Å². The van der Waals surface area contributed by atoms with E-state index in [9.17, 15) is 4.39 Å². The summed E-state index contributed by atoms with van der Waals surface area (Å²) in [6.07, 6.45) is 2.38. The van der Waals surface area contributed by atoms with Gasteiger partial charge in [0.2, 0.25) is 0 Å². The Bertz CT molecular complexity index is 1070.